The predicted molar refractivity (Wildman–Crippen MR) is 150 cm³/mol. The van der Waals surface area contributed by atoms with E-state index in [4.69, 9.17) is 4.74 Å². The molecule has 7 nitrogen and oxygen atoms in total. The maximum Gasteiger partial charge on any atom is 0.408 e. The number of aryl methyl sites for hydroxylation is 2. The molecule has 0 saturated carbocycles. The molecule has 210 valence electrons. The first kappa shape index (κ1) is 32.5. The molecule has 0 aliphatic carbocycles. The van der Waals surface area contributed by atoms with Crippen molar-refractivity contribution in [3.05, 3.63) is 34.9 Å². The van der Waals surface area contributed by atoms with Gasteiger partial charge < -0.3 is 20.3 Å². The largest absolute Gasteiger partial charge is 0.444 e. The average Bonchev–Trinajstić information content (AvgIpc) is 2.74. The molecule has 0 spiro atoms. The van der Waals surface area contributed by atoms with Crippen molar-refractivity contribution < 1.29 is 19.1 Å². The van der Waals surface area contributed by atoms with Crippen LogP contribution >= 0.6 is 0 Å². The Hall–Kier alpha value is -2.57. The first-order valence-corrected chi connectivity index (χ1v) is 13.6. The summed E-state index contributed by atoms with van der Waals surface area (Å²) in [4.78, 5) is 42.6. The van der Waals surface area contributed by atoms with Gasteiger partial charge in [-0.1, -0.05) is 51.8 Å². The summed E-state index contributed by atoms with van der Waals surface area (Å²) in [5.74, 6) is -0.714. The van der Waals surface area contributed by atoms with Crippen LogP contribution in [0.1, 0.15) is 111 Å². The number of nitrogens with one attached hydrogen (secondary N) is 2. The van der Waals surface area contributed by atoms with Crippen molar-refractivity contribution in [3.8, 4) is 0 Å². The average molecular weight is 518 g/mol. The minimum Gasteiger partial charge on any atom is -0.444 e. The van der Waals surface area contributed by atoms with Crippen LogP contribution in [0.2, 0.25) is 0 Å². The fourth-order valence-electron chi connectivity index (χ4n) is 4.29. The van der Waals surface area contributed by atoms with Gasteiger partial charge in [0.05, 0.1) is 0 Å². The molecule has 0 bridgehead atoms. The molecule has 0 aliphatic rings. The number of benzene rings is 1. The van der Waals surface area contributed by atoms with Crippen LogP contribution in [-0.2, 0) is 14.3 Å². The summed E-state index contributed by atoms with van der Waals surface area (Å²) in [6.45, 7) is 23.1. The first-order chi connectivity index (χ1) is 16.9. The van der Waals surface area contributed by atoms with Crippen LogP contribution in [0.15, 0.2) is 18.2 Å². The van der Waals surface area contributed by atoms with Crippen molar-refractivity contribution in [2.24, 2.45) is 5.92 Å². The van der Waals surface area contributed by atoms with E-state index in [1.165, 1.54) is 0 Å². The number of hydrogen-bond acceptors (Lipinski definition) is 4. The fourth-order valence-corrected chi connectivity index (χ4v) is 4.29. The molecule has 0 saturated heterocycles. The topological polar surface area (TPSA) is 87.7 Å². The zero-order valence-corrected chi connectivity index (χ0v) is 25.2. The highest BCUT2D eigenvalue weighted by molar-refractivity contribution is 5.93. The van der Waals surface area contributed by atoms with Crippen LogP contribution in [0, 0.1) is 19.8 Å². The Kier molecular flexibility index (Phi) is 11.7. The molecule has 0 heterocycles. The van der Waals surface area contributed by atoms with Gasteiger partial charge in [0.25, 0.3) is 0 Å². The first-order valence-electron chi connectivity index (χ1n) is 13.6. The Labute approximate surface area is 225 Å². The molecular weight excluding hydrogens is 466 g/mol. The minimum absolute atomic E-state index is 0.0336. The summed E-state index contributed by atoms with van der Waals surface area (Å²) >= 11 is 0. The monoisotopic (exact) mass is 517 g/mol. The van der Waals surface area contributed by atoms with E-state index in [1.807, 2.05) is 73.6 Å². The molecule has 7 heteroatoms. The van der Waals surface area contributed by atoms with Crippen LogP contribution < -0.4 is 10.6 Å². The smallest absolute Gasteiger partial charge is 0.408 e. The van der Waals surface area contributed by atoms with Crippen molar-refractivity contribution >= 4 is 17.9 Å². The quantitative estimate of drug-likeness (QED) is 0.386. The van der Waals surface area contributed by atoms with E-state index in [0.717, 1.165) is 29.5 Å². The van der Waals surface area contributed by atoms with E-state index in [2.05, 4.69) is 17.6 Å². The predicted octanol–water partition coefficient (Wildman–Crippen LogP) is 6.22. The van der Waals surface area contributed by atoms with Crippen LogP contribution in [0.5, 0.6) is 0 Å². The molecule has 0 fully saturated rings. The Bertz CT molecular complexity index is 930. The maximum atomic E-state index is 14.3. The van der Waals surface area contributed by atoms with E-state index >= 15 is 0 Å². The third-order valence-electron chi connectivity index (χ3n) is 6.58. The SMILES string of the molecule is CCCC(C)NC(=O)C(c1ccc(C)c(C)c1)N(C(=O)C(NC(=O)OC(C)(C)C)C(C)CC)C(C)(C)C. The Morgan fingerprint density at radius 2 is 1.54 bits per heavy atom. The van der Waals surface area contributed by atoms with Gasteiger partial charge in [0, 0.05) is 11.6 Å². The summed E-state index contributed by atoms with van der Waals surface area (Å²) in [7, 11) is 0. The van der Waals surface area contributed by atoms with Crippen molar-refractivity contribution in [1.29, 1.82) is 0 Å². The number of rotatable bonds is 10. The van der Waals surface area contributed by atoms with E-state index in [9.17, 15) is 14.4 Å². The van der Waals surface area contributed by atoms with E-state index < -0.39 is 29.3 Å². The molecule has 0 radical (unpaired) electrons. The van der Waals surface area contributed by atoms with Gasteiger partial charge in [-0.25, -0.2) is 4.79 Å². The Balaban J connectivity index is 3.65. The molecular formula is C30H51N3O4. The highest BCUT2D eigenvalue weighted by Crippen LogP contribution is 2.32. The molecule has 4 atom stereocenters. The Morgan fingerprint density at radius 3 is 2.00 bits per heavy atom. The zero-order valence-electron chi connectivity index (χ0n) is 25.2. The highest BCUT2D eigenvalue weighted by Gasteiger charge is 2.43. The minimum atomic E-state index is -0.863. The van der Waals surface area contributed by atoms with Gasteiger partial charge in [0.1, 0.15) is 17.7 Å². The molecule has 2 N–H and O–H groups in total. The lowest BCUT2D eigenvalue weighted by Crippen LogP contribution is -2.60. The number of hydrogen-bond donors (Lipinski definition) is 2. The lowest BCUT2D eigenvalue weighted by Gasteiger charge is -2.44. The molecule has 1 aromatic rings. The van der Waals surface area contributed by atoms with E-state index in [0.29, 0.717) is 6.42 Å². The molecule has 37 heavy (non-hydrogen) atoms. The summed E-state index contributed by atoms with van der Waals surface area (Å²) in [5.41, 5.74) is 1.48. The van der Waals surface area contributed by atoms with Crippen LogP contribution in [0.4, 0.5) is 4.79 Å². The Morgan fingerprint density at radius 1 is 0.946 bits per heavy atom. The summed E-state index contributed by atoms with van der Waals surface area (Å²) in [5, 5.41) is 5.95. The number of carbonyl (C=O) groups is 3. The lowest BCUT2D eigenvalue weighted by atomic mass is 9.90. The van der Waals surface area contributed by atoms with Gasteiger partial charge >= 0.3 is 6.09 Å². The van der Waals surface area contributed by atoms with E-state index in [-0.39, 0.29) is 23.8 Å². The van der Waals surface area contributed by atoms with Gasteiger partial charge in [-0.3, -0.25) is 9.59 Å². The number of amides is 3. The summed E-state index contributed by atoms with van der Waals surface area (Å²) < 4.78 is 5.48. The second-order valence-corrected chi connectivity index (χ2v) is 12.3. The zero-order chi connectivity index (χ0) is 28.7. The molecule has 1 aromatic carbocycles. The van der Waals surface area contributed by atoms with Crippen LogP contribution in [-0.4, -0.2) is 46.0 Å². The number of nitrogens with zero attached hydrogens (tertiary/aromatic N) is 1. The van der Waals surface area contributed by atoms with Crippen molar-refractivity contribution in [1.82, 2.24) is 15.5 Å². The third-order valence-corrected chi connectivity index (χ3v) is 6.58. The lowest BCUT2D eigenvalue weighted by molar-refractivity contribution is -0.149. The van der Waals surface area contributed by atoms with Gasteiger partial charge in [0.15, 0.2) is 0 Å². The number of carbonyl (C=O) groups excluding carboxylic acids is 3. The summed E-state index contributed by atoms with van der Waals surface area (Å²) in [6, 6.07) is 4.13. The standard InChI is InChI=1S/C30H51N3O4/c1-13-15-22(6)31-26(34)25(23-17-16-20(4)21(5)18-23)33(29(7,8)9)27(35)24(19(3)14-2)32-28(36)37-30(10,11)12/h16-19,22,24-25H,13-15H2,1-12H3,(H,31,34)(H,32,36). The molecule has 0 aliphatic heterocycles. The third kappa shape index (κ3) is 9.67. The van der Waals surface area contributed by atoms with Gasteiger partial charge in [-0.15, -0.1) is 0 Å². The van der Waals surface area contributed by atoms with Crippen molar-refractivity contribution in [3.63, 3.8) is 0 Å². The van der Waals surface area contributed by atoms with E-state index in [1.54, 1.807) is 25.7 Å². The second kappa shape index (κ2) is 13.3. The molecule has 3 amide bonds. The summed E-state index contributed by atoms with van der Waals surface area (Å²) in [6.07, 6.45) is 1.79. The fraction of sp³-hybridized carbons (Fsp3) is 0.700. The van der Waals surface area contributed by atoms with Crippen LogP contribution in [0.25, 0.3) is 0 Å². The number of ether oxygens (including phenoxy) is 1. The van der Waals surface area contributed by atoms with Crippen molar-refractivity contribution in [2.75, 3.05) is 0 Å². The van der Waals surface area contributed by atoms with Gasteiger partial charge in [-0.05, 0) is 91.3 Å². The molecule has 0 aromatic heterocycles. The van der Waals surface area contributed by atoms with Gasteiger partial charge in [0.2, 0.25) is 11.8 Å². The number of alkyl carbamates (subject to hydrolysis) is 1. The van der Waals surface area contributed by atoms with Gasteiger partial charge in [-0.2, -0.15) is 0 Å². The normalized spacial score (nSPS) is 15.2. The highest BCUT2D eigenvalue weighted by atomic mass is 16.6. The van der Waals surface area contributed by atoms with Crippen molar-refractivity contribution in [2.45, 2.75) is 132 Å². The maximum absolute atomic E-state index is 14.3. The molecule has 4 unspecified atom stereocenters. The second-order valence-electron chi connectivity index (χ2n) is 12.3. The molecule has 1 rings (SSSR count). The van der Waals surface area contributed by atoms with Crippen LogP contribution in [0.3, 0.4) is 0 Å².